The molecule has 0 unspecified atom stereocenters. The van der Waals surface area contributed by atoms with Crippen LogP contribution in [0, 0.1) is 0 Å². The minimum Gasteiger partial charge on any atom is -0.346 e. The highest BCUT2D eigenvalue weighted by Crippen LogP contribution is 2.23. The van der Waals surface area contributed by atoms with E-state index in [2.05, 4.69) is 33.5 Å². The first-order valence-electron chi connectivity index (χ1n) is 8.33. The number of thiazole rings is 1. The number of hydrogen-bond donors (Lipinski definition) is 0. The van der Waals surface area contributed by atoms with Crippen molar-refractivity contribution in [1.29, 1.82) is 0 Å². The van der Waals surface area contributed by atoms with Gasteiger partial charge < -0.3 is 9.80 Å². The van der Waals surface area contributed by atoms with E-state index in [4.69, 9.17) is 0 Å². The van der Waals surface area contributed by atoms with Gasteiger partial charge in [0, 0.05) is 49.8 Å². The summed E-state index contributed by atoms with van der Waals surface area (Å²) in [5, 5.41) is 3.12. The van der Waals surface area contributed by atoms with Crippen LogP contribution in [0.1, 0.15) is 33.1 Å². The van der Waals surface area contributed by atoms with E-state index in [1.54, 1.807) is 11.3 Å². The van der Waals surface area contributed by atoms with Gasteiger partial charge in [0.25, 0.3) is 0 Å². The van der Waals surface area contributed by atoms with Gasteiger partial charge in [-0.2, -0.15) is 0 Å². The Morgan fingerprint density at radius 1 is 1.23 bits per heavy atom. The summed E-state index contributed by atoms with van der Waals surface area (Å²) in [6.45, 7) is 8.77. The summed E-state index contributed by atoms with van der Waals surface area (Å²) in [4.78, 5) is 23.8. The molecular formula is C16H26N4OS. The third kappa shape index (κ3) is 3.43. The molecular weight excluding hydrogens is 296 g/mol. The van der Waals surface area contributed by atoms with Gasteiger partial charge in [-0.25, -0.2) is 4.98 Å². The number of piperazine rings is 1. The molecule has 2 aliphatic heterocycles. The summed E-state index contributed by atoms with van der Waals surface area (Å²) < 4.78 is 0. The predicted molar refractivity (Wildman–Crippen MR) is 90.4 cm³/mol. The molecule has 6 heteroatoms. The predicted octanol–water partition coefficient (Wildman–Crippen LogP) is 2.05. The Morgan fingerprint density at radius 2 is 1.91 bits per heavy atom. The second kappa shape index (κ2) is 6.96. The number of anilines is 1. The molecule has 122 valence electrons. The Balaban J connectivity index is 1.51. The molecule has 2 saturated heterocycles. The van der Waals surface area contributed by atoms with Gasteiger partial charge in [-0.1, -0.05) is 0 Å². The Labute approximate surface area is 136 Å². The Morgan fingerprint density at radius 3 is 2.50 bits per heavy atom. The molecule has 1 aromatic heterocycles. The van der Waals surface area contributed by atoms with Crippen LogP contribution in [0.25, 0.3) is 0 Å². The lowest BCUT2D eigenvalue weighted by Crippen LogP contribution is -2.54. The molecule has 0 aromatic carbocycles. The molecule has 0 aliphatic carbocycles. The molecule has 22 heavy (non-hydrogen) atoms. The molecule has 1 aromatic rings. The number of carbonyl (C=O) groups is 1. The van der Waals surface area contributed by atoms with Crippen molar-refractivity contribution in [3.63, 3.8) is 0 Å². The van der Waals surface area contributed by atoms with Crippen LogP contribution in [-0.4, -0.2) is 65.5 Å². The van der Waals surface area contributed by atoms with Crippen molar-refractivity contribution in [2.75, 3.05) is 37.6 Å². The van der Waals surface area contributed by atoms with Crippen molar-refractivity contribution in [3.05, 3.63) is 11.6 Å². The molecule has 0 spiro atoms. The van der Waals surface area contributed by atoms with Crippen LogP contribution in [0.3, 0.4) is 0 Å². The SMILES string of the molecule is C[C@@H]1CCC[C@@H](C)N1C(=O)CN1CCN(c2nccs2)CC1. The lowest BCUT2D eigenvalue weighted by Gasteiger charge is -2.41. The summed E-state index contributed by atoms with van der Waals surface area (Å²) in [7, 11) is 0. The number of aromatic nitrogens is 1. The van der Waals surface area contributed by atoms with Crippen LogP contribution in [0.4, 0.5) is 5.13 Å². The lowest BCUT2D eigenvalue weighted by atomic mass is 9.97. The third-order valence-electron chi connectivity index (χ3n) is 4.90. The maximum atomic E-state index is 12.7. The van der Waals surface area contributed by atoms with E-state index in [1.165, 1.54) is 6.42 Å². The smallest absolute Gasteiger partial charge is 0.237 e. The zero-order valence-electron chi connectivity index (χ0n) is 13.6. The number of rotatable bonds is 3. The summed E-state index contributed by atoms with van der Waals surface area (Å²) >= 11 is 1.69. The number of likely N-dealkylation sites (tertiary alicyclic amines) is 1. The van der Waals surface area contributed by atoms with E-state index in [0.717, 1.165) is 44.2 Å². The molecule has 2 aliphatic rings. The lowest BCUT2D eigenvalue weighted by molar-refractivity contribution is -0.138. The van der Waals surface area contributed by atoms with Gasteiger partial charge in [0.05, 0.1) is 6.54 Å². The van der Waals surface area contributed by atoms with Gasteiger partial charge in [0.2, 0.25) is 5.91 Å². The van der Waals surface area contributed by atoms with Crippen LogP contribution >= 0.6 is 11.3 Å². The van der Waals surface area contributed by atoms with Crippen LogP contribution in [-0.2, 0) is 4.79 Å². The second-order valence-corrected chi connectivity index (χ2v) is 7.38. The van der Waals surface area contributed by atoms with E-state index in [1.807, 2.05) is 11.6 Å². The normalized spacial score (nSPS) is 27.2. The van der Waals surface area contributed by atoms with Crippen molar-refractivity contribution in [3.8, 4) is 0 Å². The summed E-state index contributed by atoms with van der Waals surface area (Å²) in [6, 6.07) is 0.792. The van der Waals surface area contributed by atoms with Crippen LogP contribution in [0.15, 0.2) is 11.6 Å². The fourth-order valence-corrected chi connectivity index (χ4v) is 4.35. The molecule has 3 heterocycles. The fraction of sp³-hybridized carbons (Fsp3) is 0.750. The molecule has 0 radical (unpaired) electrons. The molecule has 1 amide bonds. The maximum absolute atomic E-state index is 12.7. The number of carbonyl (C=O) groups excluding carboxylic acids is 1. The molecule has 3 rings (SSSR count). The van der Waals surface area contributed by atoms with Crippen LogP contribution in [0.5, 0.6) is 0 Å². The van der Waals surface area contributed by atoms with Crippen molar-refractivity contribution in [1.82, 2.24) is 14.8 Å². The second-order valence-electron chi connectivity index (χ2n) is 6.51. The topological polar surface area (TPSA) is 39.7 Å². The first-order chi connectivity index (χ1) is 10.6. The van der Waals surface area contributed by atoms with Gasteiger partial charge in [-0.15, -0.1) is 11.3 Å². The standard InChI is InChI=1S/C16H26N4OS/c1-13-4-3-5-14(2)20(13)15(21)12-18-7-9-19(10-8-18)16-17-6-11-22-16/h6,11,13-14H,3-5,7-10,12H2,1-2H3/t13-,14-/m1/s1. The van der Waals surface area contributed by atoms with E-state index in [9.17, 15) is 4.79 Å². The molecule has 0 saturated carbocycles. The Kier molecular flexibility index (Phi) is 4.98. The van der Waals surface area contributed by atoms with Gasteiger partial charge in [-0.3, -0.25) is 9.69 Å². The minimum absolute atomic E-state index is 0.308. The summed E-state index contributed by atoms with van der Waals surface area (Å²) in [5.41, 5.74) is 0. The zero-order valence-corrected chi connectivity index (χ0v) is 14.4. The van der Waals surface area contributed by atoms with E-state index in [-0.39, 0.29) is 0 Å². The van der Waals surface area contributed by atoms with E-state index >= 15 is 0 Å². The van der Waals surface area contributed by atoms with Crippen molar-refractivity contribution in [2.45, 2.75) is 45.2 Å². The molecule has 0 bridgehead atoms. The Hall–Kier alpha value is -1.14. The first kappa shape index (κ1) is 15.7. The van der Waals surface area contributed by atoms with Gasteiger partial charge in [-0.05, 0) is 33.1 Å². The highest BCUT2D eigenvalue weighted by molar-refractivity contribution is 7.13. The van der Waals surface area contributed by atoms with E-state index in [0.29, 0.717) is 24.5 Å². The van der Waals surface area contributed by atoms with Crippen molar-refractivity contribution in [2.24, 2.45) is 0 Å². The minimum atomic E-state index is 0.308. The number of hydrogen-bond acceptors (Lipinski definition) is 5. The summed E-state index contributed by atoms with van der Waals surface area (Å²) in [5.74, 6) is 0.308. The monoisotopic (exact) mass is 322 g/mol. The quantitative estimate of drug-likeness (QED) is 0.854. The van der Waals surface area contributed by atoms with Crippen LogP contribution < -0.4 is 4.90 Å². The number of amides is 1. The molecule has 5 nitrogen and oxygen atoms in total. The number of piperidine rings is 1. The highest BCUT2D eigenvalue weighted by Gasteiger charge is 2.30. The highest BCUT2D eigenvalue weighted by atomic mass is 32.1. The zero-order chi connectivity index (χ0) is 15.5. The third-order valence-corrected chi connectivity index (χ3v) is 5.73. The van der Waals surface area contributed by atoms with Gasteiger partial charge in [0.15, 0.2) is 5.13 Å². The van der Waals surface area contributed by atoms with Crippen LogP contribution in [0.2, 0.25) is 0 Å². The van der Waals surface area contributed by atoms with Crippen molar-refractivity contribution < 1.29 is 4.79 Å². The number of nitrogens with zero attached hydrogens (tertiary/aromatic N) is 4. The average Bonchev–Trinajstić information content (AvgIpc) is 3.02. The van der Waals surface area contributed by atoms with E-state index < -0.39 is 0 Å². The molecule has 2 atom stereocenters. The Bertz CT molecular complexity index is 474. The molecule has 2 fully saturated rings. The summed E-state index contributed by atoms with van der Waals surface area (Å²) in [6.07, 6.45) is 5.40. The molecule has 0 N–H and O–H groups in total. The fourth-order valence-electron chi connectivity index (χ4n) is 3.66. The first-order valence-corrected chi connectivity index (χ1v) is 9.21. The maximum Gasteiger partial charge on any atom is 0.237 e. The van der Waals surface area contributed by atoms with Gasteiger partial charge in [0.1, 0.15) is 0 Å². The largest absolute Gasteiger partial charge is 0.346 e. The van der Waals surface area contributed by atoms with Crippen molar-refractivity contribution >= 4 is 22.4 Å². The average molecular weight is 322 g/mol. The van der Waals surface area contributed by atoms with Gasteiger partial charge >= 0.3 is 0 Å².